The summed E-state index contributed by atoms with van der Waals surface area (Å²) in [7, 11) is 0. The van der Waals surface area contributed by atoms with Crippen molar-refractivity contribution in [1.29, 1.82) is 0 Å². The third-order valence-corrected chi connectivity index (χ3v) is 12.8. The minimum atomic E-state index is 1.09. The maximum atomic E-state index is 2.40. The summed E-state index contributed by atoms with van der Waals surface area (Å²) in [6, 6.07) is 92.7. The summed E-state index contributed by atoms with van der Waals surface area (Å²) in [5.41, 5.74) is 16.4. The Morgan fingerprint density at radius 3 is 1.59 bits per heavy atom. The highest BCUT2D eigenvalue weighted by Gasteiger charge is 2.19. The topological polar surface area (TPSA) is 8.17 Å². The lowest BCUT2D eigenvalue weighted by Gasteiger charge is -2.27. The van der Waals surface area contributed by atoms with Crippen LogP contribution in [0.15, 0.2) is 255 Å². The average Bonchev–Trinajstić information content (AvgIpc) is 3.71. The Labute approximate surface area is 373 Å². The van der Waals surface area contributed by atoms with Crippen LogP contribution in [0.1, 0.15) is 0 Å². The fourth-order valence-corrected chi connectivity index (χ4v) is 9.69. The summed E-state index contributed by atoms with van der Waals surface area (Å²) < 4.78 is 2.39. The van der Waals surface area contributed by atoms with Crippen molar-refractivity contribution in [3.63, 3.8) is 0 Å². The molecule has 64 heavy (non-hydrogen) atoms. The van der Waals surface area contributed by atoms with Crippen LogP contribution in [-0.2, 0) is 0 Å². The molecule has 0 saturated carbocycles. The molecule has 0 aliphatic heterocycles. The van der Waals surface area contributed by atoms with Crippen LogP contribution in [0.4, 0.5) is 17.1 Å². The maximum absolute atomic E-state index is 2.40. The summed E-state index contributed by atoms with van der Waals surface area (Å²) in [5.74, 6) is 0. The van der Waals surface area contributed by atoms with Crippen LogP contribution in [0.25, 0.3) is 93.5 Å². The lowest BCUT2D eigenvalue weighted by atomic mass is 9.96. The van der Waals surface area contributed by atoms with Gasteiger partial charge >= 0.3 is 0 Å². The molecule has 0 unspecified atom stereocenters. The monoisotopic (exact) mass is 814 g/mol. The Morgan fingerprint density at radius 1 is 0.266 bits per heavy atom. The predicted molar refractivity (Wildman–Crippen MR) is 272 cm³/mol. The van der Waals surface area contributed by atoms with Crippen molar-refractivity contribution in [3.05, 3.63) is 255 Å². The number of aromatic nitrogens is 1. The molecule has 1 aromatic heterocycles. The van der Waals surface area contributed by atoms with E-state index in [1.165, 1.54) is 82.3 Å². The van der Waals surface area contributed by atoms with Crippen LogP contribution in [0.5, 0.6) is 0 Å². The first-order chi connectivity index (χ1) is 31.7. The van der Waals surface area contributed by atoms with Gasteiger partial charge in [-0.15, -0.1) is 0 Å². The third-order valence-electron chi connectivity index (χ3n) is 12.8. The van der Waals surface area contributed by atoms with Gasteiger partial charge in [0.25, 0.3) is 0 Å². The first-order valence-corrected chi connectivity index (χ1v) is 22.0. The van der Waals surface area contributed by atoms with Gasteiger partial charge in [0.15, 0.2) is 0 Å². The van der Waals surface area contributed by atoms with E-state index >= 15 is 0 Å². The molecule has 0 radical (unpaired) electrons. The standard InChI is InChI=1S/C62H42N2/c1-2-20-52(21-3-1)64-60-28-9-8-25-59(60)62-58(27-13-29-61(62)64)51-19-11-23-55(42-51)63(54-22-10-18-49(41-54)50-35-32-43-14-4-5-16-48(43)40-50)53-38-36-45(37-39-53)44-30-33-47(34-31-44)57-26-12-17-46-15-6-7-24-56(46)57/h1-42H. The molecule has 0 N–H and O–H groups in total. The van der Waals surface area contributed by atoms with Gasteiger partial charge in [-0.1, -0.05) is 188 Å². The van der Waals surface area contributed by atoms with Crippen molar-refractivity contribution >= 4 is 60.4 Å². The highest BCUT2D eigenvalue weighted by molar-refractivity contribution is 6.16. The van der Waals surface area contributed by atoms with E-state index in [4.69, 9.17) is 0 Å². The van der Waals surface area contributed by atoms with E-state index in [2.05, 4.69) is 264 Å². The van der Waals surface area contributed by atoms with E-state index < -0.39 is 0 Å². The predicted octanol–water partition coefficient (Wildman–Crippen LogP) is 17.2. The van der Waals surface area contributed by atoms with E-state index in [9.17, 15) is 0 Å². The molecule has 12 aromatic rings. The van der Waals surface area contributed by atoms with Crippen molar-refractivity contribution in [2.45, 2.75) is 0 Å². The van der Waals surface area contributed by atoms with Crippen molar-refractivity contribution in [3.8, 4) is 50.2 Å². The largest absolute Gasteiger partial charge is 0.310 e. The molecule has 0 bridgehead atoms. The molecule has 0 aliphatic rings. The first-order valence-electron chi connectivity index (χ1n) is 22.0. The van der Waals surface area contributed by atoms with Gasteiger partial charge in [0, 0.05) is 33.5 Å². The fourth-order valence-electron chi connectivity index (χ4n) is 9.69. The summed E-state index contributed by atoms with van der Waals surface area (Å²) in [4.78, 5) is 2.40. The molecule has 0 saturated heterocycles. The van der Waals surface area contributed by atoms with E-state index in [0.717, 1.165) is 28.3 Å². The molecule has 0 aliphatic carbocycles. The molecule has 300 valence electrons. The fraction of sp³-hybridized carbons (Fsp3) is 0. The quantitative estimate of drug-likeness (QED) is 0.148. The highest BCUT2D eigenvalue weighted by Crippen LogP contribution is 2.43. The lowest BCUT2D eigenvalue weighted by Crippen LogP contribution is -2.10. The third kappa shape index (κ3) is 6.61. The number of para-hydroxylation sites is 2. The molecule has 0 atom stereocenters. The van der Waals surface area contributed by atoms with Crippen LogP contribution in [0, 0.1) is 0 Å². The van der Waals surface area contributed by atoms with E-state index in [0.29, 0.717) is 0 Å². The lowest BCUT2D eigenvalue weighted by molar-refractivity contribution is 1.18. The van der Waals surface area contributed by atoms with Gasteiger partial charge in [-0.05, 0) is 133 Å². The van der Waals surface area contributed by atoms with Gasteiger partial charge in [0.2, 0.25) is 0 Å². The molecule has 2 heteroatoms. The molecular weight excluding hydrogens is 773 g/mol. The van der Waals surface area contributed by atoms with E-state index in [1.54, 1.807) is 0 Å². The number of hydrogen-bond acceptors (Lipinski definition) is 1. The van der Waals surface area contributed by atoms with Crippen LogP contribution in [0.3, 0.4) is 0 Å². The van der Waals surface area contributed by atoms with Gasteiger partial charge < -0.3 is 9.47 Å². The highest BCUT2D eigenvalue weighted by atomic mass is 15.1. The molecule has 2 nitrogen and oxygen atoms in total. The van der Waals surface area contributed by atoms with E-state index in [-0.39, 0.29) is 0 Å². The summed E-state index contributed by atoms with van der Waals surface area (Å²) in [6.45, 7) is 0. The molecule has 11 aromatic carbocycles. The van der Waals surface area contributed by atoms with Gasteiger partial charge in [0.05, 0.1) is 11.0 Å². The molecule has 12 rings (SSSR count). The average molecular weight is 815 g/mol. The van der Waals surface area contributed by atoms with Crippen molar-refractivity contribution in [2.24, 2.45) is 0 Å². The van der Waals surface area contributed by atoms with Crippen molar-refractivity contribution in [2.75, 3.05) is 4.90 Å². The summed E-state index contributed by atoms with van der Waals surface area (Å²) in [5, 5.41) is 7.49. The van der Waals surface area contributed by atoms with Crippen LogP contribution >= 0.6 is 0 Å². The normalized spacial score (nSPS) is 11.4. The van der Waals surface area contributed by atoms with Gasteiger partial charge in [0.1, 0.15) is 0 Å². The Kier molecular flexibility index (Phi) is 9.20. The van der Waals surface area contributed by atoms with Crippen LogP contribution < -0.4 is 4.90 Å². The van der Waals surface area contributed by atoms with Crippen molar-refractivity contribution in [1.82, 2.24) is 4.57 Å². The van der Waals surface area contributed by atoms with Crippen LogP contribution in [-0.4, -0.2) is 4.57 Å². The second-order valence-electron chi connectivity index (χ2n) is 16.5. The SMILES string of the molecule is c1ccc(-n2c3ccccc3c3c(-c4cccc(N(c5ccc(-c6ccc(-c7cccc8ccccc78)cc6)cc5)c5cccc(-c6ccc7ccccc7c6)c5)c4)cccc32)cc1. The Bertz CT molecular complexity index is 3650. The second-order valence-corrected chi connectivity index (χ2v) is 16.5. The zero-order chi connectivity index (χ0) is 42.4. The number of rotatable bonds is 8. The number of anilines is 3. The molecular formula is C62H42N2. The van der Waals surface area contributed by atoms with E-state index in [1.807, 2.05) is 0 Å². The molecule has 1 heterocycles. The Hall–Kier alpha value is -8.46. The minimum Gasteiger partial charge on any atom is -0.310 e. The van der Waals surface area contributed by atoms with Gasteiger partial charge in [-0.25, -0.2) is 0 Å². The first kappa shape index (κ1) is 37.3. The summed E-state index contributed by atoms with van der Waals surface area (Å²) in [6.07, 6.45) is 0. The number of fused-ring (bicyclic) bond motifs is 5. The maximum Gasteiger partial charge on any atom is 0.0547 e. The molecule has 0 fully saturated rings. The van der Waals surface area contributed by atoms with Gasteiger partial charge in [-0.2, -0.15) is 0 Å². The van der Waals surface area contributed by atoms with Crippen molar-refractivity contribution < 1.29 is 0 Å². The number of hydrogen-bond donors (Lipinski definition) is 0. The number of nitrogens with zero attached hydrogens (tertiary/aromatic N) is 2. The molecule has 0 amide bonds. The second kappa shape index (κ2) is 15.8. The number of benzene rings is 11. The van der Waals surface area contributed by atoms with Gasteiger partial charge in [-0.3, -0.25) is 0 Å². The molecule has 0 spiro atoms. The smallest absolute Gasteiger partial charge is 0.0547 e. The zero-order valence-electron chi connectivity index (χ0n) is 35.1. The zero-order valence-corrected chi connectivity index (χ0v) is 35.1. The minimum absolute atomic E-state index is 1.09. The van der Waals surface area contributed by atoms with Crippen LogP contribution in [0.2, 0.25) is 0 Å². The Balaban J connectivity index is 0.968. The Morgan fingerprint density at radius 2 is 0.797 bits per heavy atom. The summed E-state index contributed by atoms with van der Waals surface area (Å²) >= 11 is 0.